The zero-order valence-corrected chi connectivity index (χ0v) is 12.4. The second-order valence-corrected chi connectivity index (χ2v) is 5.47. The first-order valence-corrected chi connectivity index (χ1v) is 7.50. The SMILES string of the molecule is O=C1C(Cc2ccccc2)N=C2[C-]=NC(c3ccccc3)=CN12. The number of fused-ring (bicyclic) bond motifs is 1. The van der Waals surface area contributed by atoms with Gasteiger partial charge in [-0.25, -0.2) is 0 Å². The average Bonchev–Trinajstić information content (AvgIpc) is 2.92. The lowest BCUT2D eigenvalue weighted by Crippen LogP contribution is -2.33. The highest BCUT2D eigenvalue weighted by Crippen LogP contribution is 2.24. The van der Waals surface area contributed by atoms with Gasteiger partial charge in [0.25, 0.3) is 5.91 Å². The Bertz CT molecular complexity index is 822. The molecule has 1 atom stereocenters. The molecule has 2 heterocycles. The van der Waals surface area contributed by atoms with Gasteiger partial charge in [0.1, 0.15) is 6.04 Å². The number of amides is 1. The van der Waals surface area contributed by atoms with Crippen LogP contribution >= 0.6 is 0 Å². The predicted octanol–water partition coefficient (Wildman–Crippen LogP) is 2.80. The van der Waals surface area contributed by atoms with Crippen LogP contribution in [0.3, 0.4) is 0 Å². The smallest absolute Gasteiger partial charge is 0.254 e. The number of nitrogens with zero attached hydrogens (tertiary/aromatic N) is 3. The van der Waals surface area contributed by atoms with Crippen molar-refractivity contribution in [3.63, 3.8) is 0 Å². The number of aliphatic imine (C=N–C) groups is 2. The van der Waals surface area contributed by atoms with Crippen molar-refractivity contribution in [2.24, 2.45) is 9.98 Å². The van der Waals surface area contributed by atoms with Gasteiger partial charge in [0.2, 0.25) is 0 Å². The molecule has 1 unspecified atom stereocenters. The minimum absolute atomic E-state index is 0.0281. The van der Waals surface area contributed by atoms with Gasteiger partial charge in [-0.1, -0.05) is 71.9 Å². The molecular formula is C19H14N3O-. The van der Waals surface area contributed by atoms with Gasteiger partial charge >= 0.3 is 0 Å². The van der Waals surface area contributed by atoms with Crippen molar-refractivity contribution in [1.29, 1.82) is 0 Å². The van der Waals surface area contributed by atoms with Gasteiger partial charge in [-0.3, -0.25) is 9.79 Å². The molecule has 0 saturated heterocycles. The Labute approximate surface area is 134 Å². The monoisotopic (exact) mass is 300 g/mol. The molecule has 0 fully saturated rings. The Morgan fingerprint density at radius 3 is 2.43 bits per heavy atom. The van der Waals surface area contributed by atoms with Crippen molar-refractivity contribution in [2.75, 3.05) is 0 Å². The summed E-state index contributed by atoms with van der Waals surface area (Å²) < 4.78 is 0. The summed E-state index contributed by atoms with van der Waals surface area (Å²) in [4.78, 5) is 22.9. The molecule has 2 aromatic rings. The third kappa shape index (κ3) is 2.59. The molecule has 0 bridgehead atoms. The van der Waals surface area contributed by atoms with E-state index in [1.54, 1.807) is 11.1 Å². The van der Waals surface area contributed by atoms with Crippen LogP contribution in [0, 0.1) is 0 Å². The summed E-state index contributed by atoms with van der Waals surface area (Å²) in [5, 5.41) is 0. The number of hydrogen-bond acceptors (Lipinski definition) is 3. The summed E-state index contributed by atoms with van der Waals surface area (Å²) in [6, 6.07) is 19.3. The number of benzene rings is 2. The zero-order chi connectivity index (χ0) is 15.6. The van der Waals surface area contributed by atoms with Crippen molar-refractivity contribution in [2.45, 2.75) is 12.5 Å². The maximum atomic E-state index is 12.6. The first-order chi connectivity index (χ1) is 11.3. The summed E-state index contributed by atoms with van der Waals surface area (Å²) >= 11 is 0. The highest BCUT2D eigenvalue weighted by molar-refractivity contribution is 6.37. The van der Waals surface area contributed by atoms with E-state index in [0.717, 1.165) is 16.8 Å². The van der Waals surface area contributed by atoms with E-state index in [1.807, 2.05) is 60.7 Å². The number of hydrogen-bond donors (Lipinski definition) is 0. The molecule has 0 radical (unpaired) electrons. The average molecular weight is 300 g/mol. The molecule has 0 N–H and O–H groups in total. The van der Waals surface area contributed by atoms with E-state index in [-0.39, 0.29) is 5.91 Å². The Morgan fingerprint density at radius 1 is 1.00 bits per heavy atom. The van der Waals surface area contributed by atoms with E-state index >= 15 is 0 Å². The van der Waals surface area contributed by atoms with Gasteiger partial charge in [-0.15, -0.1) is 6.21 Å². The lowest BCUT2D eigenvalue weighted by Gasteiger charge is -2.25. The lowest BCUT2D eigenvalue weighted by molar-refractivity contribution is -0.125. The van der Waals surface area contributed by atoms with E-state index in [0.29, 0.717) is 12.3 Å². The van der Waals surface area contributed by atoms with Crippen molar-refractivity contribution >= 4 is 23.7 Å². The molecule has 2 aliphatic rings. The molecule has 0 aromatic heterocycles. The second kappa shape index (κ2) is 5.65. The van der Waals surface area contributed by atoms with Crippen LogP contribution in [0.4, 0.5) is 0 Å². The van der Waals surface area contributed by atoms with Crippen LogP contribution in [0.5, 0.6) is 0 Å². The van der Waals surface area contributed by atoms with Crippen molar-refractivity contribution in [1.82, 2.24) is 4.90 Å². The van der Waals surface area contributed by atoms with E-state index in [2.05, 4.69) is 16.2 Å². The van der Waals surface area contributed by atoms with Crippen molar-refractivity contribution < 1.29 is 4.79 Å². The molecule has 4 rings (SSSR count). The number of carbonyl (C=O) groups excluding carboxylic acids is 1. The first kappa shape index (κ1) is 13.6. The fraction of sp³-hybridized carbons (Fsp3) is 0.105. The normalized spacial score (nSPS) is 19.4. The minimum Gasteiger partial charge on any atom is -0.446 e. The summed E-state index contributed by atoms with van der Waals surface area (Å²) in [7, 11) is 0. The number of amidine groups is 1. The van der Waals surface area contributed by atoms with Crippen LogP contribution in [-0.4, -0.2) is 28.9 Å². The molecule has 0 spiro atoms. The summed E-state index contributed by atoms with van der Waals surface area (Å²) in [6.45, 7) is 0. The number of carbonyl (C=O) groups is 1. The molecule has 4 nitrogen and oxygen atoms in total. The molecule has 1 amide bonds. The van der Waals surface area contributed by atoms with Crippen LogP contribution in [0.25, 0.3) is 5.70 Å². The van der Waals surface area contributed by atoms with Crippen LogP contribution < -0.4 is 0 Å². The molecule has 2 aliphatic heterocycles. The van der Waals surface area contributed by atoms with Crippen LogP contribution in [0.15, 0.2) is 76.8 Å². The summed E-state index contributed by atoms with van der Waals surface area (Å²) in [5.74, 6) is 0.468. The standard InChI is InChI=1S/C19H14N3O/c23-19-16(11-14-7-3-1-4-8-14)21-18-12-20-17(13-22(18)19)15-9-5-2-6-10-15/h1-10,13,16H,11H2/q-1. The molecule has 112 valence electrons. The number of rotatable bonds is 3. The summed E-state index contributed by atoms with van der Waals surface area (Å²) in [6.07, 6.45) is 5.23. The minimum atomic E-state index is -0.401. The maximum Gasteiger partial charge on any atom is 0.254 e. The van der Waals surface area contributed by atoms with E-state index in [1.165, 1.54) is 0 Å². The molecular weight excluding hydrogens is 286 g/mol. The van der Waals surface area contributed by atoms with E-state index in [9.17, 15) is 4.79 Å². The Balaban J connectivity index is 1.58. The summed E-state index contributed by atoms with van der Waals surface area (Å²) in [5.41, 5.74) is 2.77. The zero-order valence-electron chi connectivity index (χ0n) is 12.4. The predicted molar refractivity (Wildman–Crippen MR) is 90.1 cm³/mol. The second-order valence-electron chi connectivity index (χ2n) is 5.47. The third-order valence-electron chi connectivity index (χ3n) is 3.90. The van der Waals surface area contributed by atoms with Gasteiger partial charge in [0, 0.05) is 6.42 Å². The molecule has 4 heteroatoms. The van der Waals surface area contributed by atoms with E-state index < -0.39 is 6.04 Å². The first-order valence-electron chi connectivity index (χ1n) is 7.50. The fourth-order valence-corrected chi connectivity index (χ4v) is 2.72. The Hall–Kier alpha value is -3.01. The van der Waals surface area contributed by atoms with Gasteiger partial charge in [-0.05, 0) is 11.8 Å². The lowest BCUT2D eigenvalue weighted by atomic mass is 10.1. The van der Waals surface area contributed by atoms with Crippen LogP contribution in [0.1, 0.15) is 11.1 Å². The molecule has 0 saturated carbocycles. The van der Waals surface area contributed by atoms with Gasteiger partial charge in [0.15, 0.2) is 0 Å². The van der Waals surface area contributed by atoms with Crippen molar-refractivity contribution in [3.05, 3.63) is 78.0 Å². The highest BCUT2D eigenvalue weighted by Gasteiger charge is 2.30. The largest absolute Gasteiger partial charge is 0.446 e. The fourth-order valence-electron chi connectivity index (χ4n) is 2.72. The highest BCUT2D eigenvalue weighted by atomic mass is 16.2. The maximum absolute atomic E-state index is 12.6. The van der Waals surface area contributed by atoms with Crippen molar-refractivity contribution in [3.8, 4) is 0 Å². The molecule has 23 heavy (non-hydrogen) atoms. The van der Waals surface area contributed by atoms with Crippen LogP contribution in [-0.2, 0) is 11.2 Å². The van der Waals surface area contributed by atoms with Gasteiger partial charge in [0.05, 0.1) is 5.84 Å². The molecule has 0 aliphatic carbocycles. The quantitative estimate of drug-likeness (QED) is 0.804. The van der Waals surface area contributed by atoms with E-state index in [4.69, 9.17) is 0 Å². The topological polar surface area (TPSA) is 45.0 Å². The van der Waals surface area contributed by atoms with Gasteiger partial charge in [-0.2, -0.15) is 0 Å². The van der Waals surface area contributed by atoms with Gasteiger partial charge < -0.3 is 9.89 Å². The Morgan fingerprint density at radius 2 is 1.70 bits per heavy atom. The Kier molecular flexibility index (Phi) is 3.35. The van der Waals surface area contributed by atoms with Crippen LogP contribution in [0.2, 0.25) is 0 Å². The third-order valence-corrected chi connectivity index (χ3v) is 3.90. The molecule has 2 aromatic carbocycles.